The summed E-state index contributed by atoms with van der Waals surface area (Å²) in [5.41, 5.74) is 0. The van der Waals surface area contributed by atoms with Gasteiger partial charge in [-0.2, -0.15) is 0 Å². The molecule has 0 unspecified atom stereocenters. The van der Waals surface area contributed by atoms with Crippen molar-refractivity contribution in [3.05, 3.63) is 0 Å². The molecule has 0 fully saturated rings. The van der Waals surface area contributed by atoms with Crippen molar-refractivity contribution < 1.29 is 136 Å². The molecule has 0 heterocycles. The number of hydrogen-bond acceptors (Lipinski definition) is 7. The zero-order chi connectivity index (χ0) is 9.49. The Bertz CT molecular complexity index is 157. The molecule has 0 radical (unpaired) electrons. The van der Waals surface area contributed by atoms with Crippen LogP contribution in [-0.2, 0) is 10.4 Å². The van der Waals surface area contributed by atoms with E-state index < -0.39 is 16.5 Å². The van der Waals surface area contributed by atoms with Crippen molar-refractivity contribution in [1.29, 1.82) is 0 Å². The van der Waals surface area contributed by atoms with Gasteiger partial charge in [0.2, 0.25) is 0 Å². The minimum Gasteiger partial charge on any atom is -0.759 e. The number of aliphatic hydroxyl groups excluding tert-OH is 3. The molecule has 0 amide bonds. The third-order valence-electron chi connectivity index (χ3n) is 0.421. The van der Waals surface area contributed by atoms with E-state index in [0.29, 0.717) is 0 Å². The van der Waals surface area contributed by atoms with Crippen LogP contribution in [0.5, 0.6) is 0 Å². The fraction of sp³-hybridized carbons (Fsp3) is 1.00. The van der Waals surface area contributed by atoms with E-state index in [1.807, 2.05) is 0 Å². The molecule has 0 aliphatic heterocycles. The van der Waals surface area contributed by atoms with Crippen LogP contribution in [0, 0.1) is 0 Å². The maximum atomic E-state index is 8.52. The molecule has 13 heavy (non-hydrogen) atoms. The van der Waals surface area contributed by atoms with E-state index >= 15 is 0 Å². The van der Waals surface area contributed by atoms with Crippen LogP contribution in [0.15, 0.2) is 0 Å². The predicted octanol–water partition coefficient (Wildman–Crippen LogP) is -9.00. The molecule has 70 valence electrons. The summed E-state index contributed by atoms with van der Waals surface area (Å²) in [5, 5.41) is 24.0. The summed E-state index contributed by atoms with van der Waals surface area (Å²) in [6.45, 7) is -0.729. The third-order valence-corrected chi connectivity index (χ3v) is 0.421. The smallest absolute Gasteiger partial charge is 0.759 e. The van der Waals surface area contributed by atoms with Crippen LogP contribution < -0.4 is 103 Å². The average molecular weight is 266 g/mol. The Morgan fingerprint density at radius 2 is 1.23 bits per heavy atom. The second-order valence-corrected chi connectivity index (χ2v) is 2.24. The molecule has 0 aliphatic carbocycles. The predicted molar refractivity (Wildman–Crippen MR) is 30.7 cm³/mol. The molecule has 0 bridgehead atoms. The molecule has 7 nitrogen and oxygen atoms in total. The Balaban J connectivity index is -0.0000000546. The Morgan fingerprint density at radius 3 is 1.23 bits per heavy atom. The van der Waals surface area contributed by atoms with E-state index in [-0.39, 0.29) is 116 Å². The van der Waals surface area contributed by atoms with Gasteiger partial charge in [-0.15, -0.1) is 0 Å². The maximum absolute atomic E-state index is 8.52. The Kier molecular flexibility index (Phi) is 28.9. The van der Waals surface area contributed by atoms with Crippen LogP contribution in [0.25, 0.3) is 0 Å². The summed E-state index contributed by atoms with van der Waals surface area (Å²) in [4.78, 5) is 0. The number of hydrogen-bond donors (Lipinski definition) is 3. The number of aliphatic hydroxyl groups is 3. The fourth-order valence-corrected chi connectivity index (χ4v) is 0.0577. The van der Waals surface area contributed by atoms with E-state index in [2.05, 4.69) is 0 Å². The van der Waals surface area contributed by atoms with E-state index in [4.69, 9.17) is 32.8 Å². The topological polar surface area (TPSA) is 141 Å². The second-order valence-electron chi connectivity index (χ2n) is 1.43. The summed E-state index contributed by atoms with van der Waals surface area (Å²) < 4.78 is 34.1. The molecule has 3 N–H and O–H groups in total. The Hall–Kier alpha value is 3.02. The normalized spacial score (nSPS) is 9.08. The molecule has 0 rings (SSSR count). The van der Waals surface area contributed by atoms with Crippen LogP contribution >= 0.6 is 0 Å². The van der Waals surface area contributed by atoms with Gasteiger partial charge in [0.25, 0.3) is 0 Å². The van der Waals surface area contributed by atoms with Crippen LogP contribution in [0.1, 0.15) is 0 Å². The van der Waals surface area contributed by atoms with Crippen molar-refractivity contribution in [3.8, 4) is 0 Å². The molecule has 0 aromatic heterocycles. The van der Waals surface area contributed by atoms with Gasteiger partial charge in [0.1, 0.15) is 6.10 Å². The maximum Gasteiger partial charge on any atom is 1.00 e. The molecule has 0 aliphatic rings. The minimum atomic E-state index is -5.17. The van der Waals surface area contributed by atoms with Gasteiger partial charge < -0.3 is 24.4 Å². The second kappa shape index (κ2) is 15.0. The molecular formula is C3H8K2O7S. The molecule has 0 atom stereocenters. The van der Waals surface area contributed by atoms with Gasteiger partial charge in [-0.1, -0.05) is 0 Å². The standard InChI is InChI=1S/C3H8O3.2K.H2O4S/c4-1-3(6)2-5;;;1-5(2,3)4/h3-6H,1-2H2;;;(H2,1,2,3,4)/q;2*+1;/p-2. The first-order valence-corrected chi connectivity index (χ1v) is 3.71. The monoisotopic (exact) mass is 266 g/mol. The van der Waals surface area contributed by atoms with Gasteiger partial charge in [0.15, 0.2) is 0 Å². The van der Waals surface area contributed by atoms with E-state index in [0.717, 1.165) is 0 Å². The summed E-state index contributed by atoms with van der Waals surface area (Å²) >= 11 is 0. The minimum absolute atomic E-state index is 0. The molecular weight excluding hydrogens is 258 g/mol. The zero-order valence-corrected chi connectivity index (χ0v) is 14.4. The van der Waals surface area contributed by atoms with Crippen molar-refractivity contribution in [1.82, 2.24) is 0 Å². The largest absolute Gasteiger partial charge is 1.00 e. The molecule has 10 heteroatoms. The van der Waals surface area contributed by atoms with Gasteiger partial charge in [0.05, 0.1) is 13.2 Å². The van der Waals surface area contributed by atoms with Crippen molar-refractivity contribution in [3.63, 3.8) is 0 Å². The van der Waals surface area contributed by atoms with Crippen molar-refractivity contribution in [2.75, 3.05) is 13.2 Å². The van der Waals surface area contributed by atoms with E-state index in [9.17, 15) is 0 Å². The quantitative estimate of drug-likeness (QED) is 0.256. The van der Waals surface area contributed by atoms with Crippen molar-refractivity contribution in [2.45, 2.75) is 6.10 Å². The van der Waals surface area contributed by atoms with Crippen molar-refractivity contribution >= 4 is 10.4 Å². The molecule has 0 saturated heterocycles. The van der Waals surface area contributed by atoms with Gasteiger partial charge >= 0.3 is 103 Å². The number of rotatable bonds is 2. The summed E-state index contributed by atoms with van der Waals surface area (Å²) in [5.74, 6) is 0. The molecule has 0 saturated carbocycles. The van der Waals surface area contributed by atoms with E-state index in [1.165, 1.54) is 0 Å². The summed E-state index contributed by atoms with van der Waals surface area (Å²) in [7, 11) is -5.17. The molecule has 0 aromatic rings. The van der Waals surface area contributed by atoms with E-state index in [1.54, 1.807) is 0 Å². The zero-order valence-electron chi connectivity index (χ0n) is 7.37. The average Bonchev–Trinajstić information content (AvgIpc) is 1.83. The third kappa shape index (κ3) is 51.7. The fourth-order valence-electron chi connectivity index (χ4n) is 0.0577. The van der Waals surface area contributed by atoms with Crippen LogP contribution in [0.2, 0.25) is 0 Å². The Morgan fingerprint density at radius 1 is 1.08 bits per heavy atom. The molecule has 0 aromatic carbocycles. The summed E-state index contributed by atoms with van der Waals surface area (Å²) in [6.07, 6.45) is -0.954. The first kappa shape index (κ1) is 25.0. The molecule has 0 spiro atoms. The summed E-state index contributed by atoms with van der Waals surface area (Å²) in [6, 6.07) is 0. The van der Waals surface area contributed by atoms with Gasteiger partial charge in [-0.05, 0) is 0 Å². The SMILES string of the molecule is O=S(=O)([O-])[O-].OCC(O)CO.[K+].[K+]. The first-order valence-electron chi connectivity index (χ1n) is 2.37. The van der Waals surface area contributed by atoms with Gasteiger partial charge in [-0.3, -0.25) is 8.42 Å². The first-order chi connectivity index (χ1) is 4.81. The van der Waals surface area contributed by atoms with Crippen LogP contribution in [0.4, 0.5) is 0 Å². The van der Waals surface area contributed by atoms with Crippen molar-refractivity contribution in [2.24, 2.45) is 0 Å². The van der Waals surface area contributed by atoms with Gasteiger partial charge in [0, 0.05) is 10.4 Å². The Labute approximate surface area is 161 Å². The van der Waals surface area contributed by atoms with Crippen LogP contribution in [-0.4, -0.2) is 52.2 Å². The van der Waals surface area contributed by atoms with Crippen LogP contribution in [0.3, 0.4) is 0 Å². The van der Waals surface area contributed by atoms with Gasteiger partial charge in [-0.25, -0.2) is 0 Å².